The van der Waals surface area contributed by atoms with Gasteiger partial charge in [0.05, 0.1) is 27.3 Å². The fourth-order valence-electron chi connectivity index (χ4n) is 6.00. The molecule has 0 unspecified atom stereocenters. The highest BCUT2D eigenvalue weighted by molar-refractivity contribution is 6.77. The number of hydrogen-bond acceptors (Lipinski definition) is 10. The van der Waals surface area contributed by atoms with Crippen molar-refractivity contribution in [3.05, 3.63) is 0 Å². The van der Waals surface area contributed by atoms with Crippen molar-refractivity contribution in [2.75, 3.05) is 27.3 Å². The third-order valence-electron chi connectivity index (χ3n) is 7.98. The van der Waals surface area contributed by atoms with Crippen LogP contribution in [-0.2, 0) is 38.2 Å². The lowest BCUT2D eigenvalue weighted by atomic mass is 9.92. The fraction of sp³-hybridized carbons (Fsp3) is 0.833. The van der Waals surface area contributed by atoms with Crippen LogP contribution in [0.2, 0.25) is 51.4 Å². The van der Waals surface area contributed by atoms with Crippen molar-refractivity contribution in [2.45, 2.75) is 156 Å². The summed E-state index contributed by atoms with van der Waals surface area (Å²) < 4.78 is 9.76. The normalized spacial score (nSPS) is 14.3. The molecule has 0 radical (unpaired) electrons. The van der Waals surface area contributed by atoms with E-state index in [-0.39, 0.29) is 38.2 Å². The molecule has 19 nitrogen and oxygen atoms in total. The summed E-state index contributed by atoms with van der Waals surface area (Å²) in [5.41, 5.74) is -2.18. The van der Waals surface area contributed by atoms with E-state index in [0.29, 0.717) is 25.2 Å². The Hall–Kier alpha value is -3.03. The van der Waals surface area contributed by atoms with Crippen molar-refractivity contribution in [1.82, 2.24) is 10.6 Å². The second-order valence-electron chi connectivity index (χ2n) is 19.1. The molecule has 0 aromatic rings. The minimum atomic E-state index is -1.71. The molecule has 57 heavy (non-hydrogen) atoms. The number of ether oxygens (including phenoxy) is 2. The molecule has 0 spiro atoms. The van der Waals surface area contributed by atoms with Gasteiger partial charge in [0.2, 0.25) is 0 Å². The van der Waals surface area contributed by atoms with Crippen molar-refractivity contribution in [3.8, 4) is 0 Å². The third kappa shape index (κ3) is 32.6. The minimum absolute atomic E-state index is 0. The number of esters is 2. The van der Waals surface area contributed by atoms with Crippen LogP contribution in [0.5, 0.6) is 0 Å². The Balaban J connectivity index is -0.000000161. The molecule has 0 aliphatic carbocycles. The molecule has 0 aromatic heterocycles. The molecular weight excluding hydrogens is 785 g/mol. The topological polar surface area (TPSA) is 382 Å². The number of nitrogens with two attached hydrogens (primary N) is 2. The highest BCUT2D eigenvalue weighted by Crippen LogP contribution is 2.24. The van der Waals surface area contributed by atoms with Crippen molar-refractivity contribution >= 4 is 51.8 Å². The van der Waals surface area contributed by atoms with Crippen molar-refractivity contribution in [2.24, 2.45) is 10.8 Å². The Labute approximate surface area is 342 Å². The van der Waals surface area contributed by atoms with Crippen molar-refractivity contribution < 1.29 is 86.5 Å². The zero-order chi connectivity index (χ0) is 41.5. The molecule has 4 atom stereocenters. The van der Waals surface area contributed by atoms with Crippen LogP contribution in [0.1, 0.15) is 81.1 Å². The first-order valence-corrected chi connectivity index (χ1v) is 25.5. The summed E-state index contributed by atoms with van der Waals surface area (Å²) in [6.45, 7) is 29.5. The van der Waals surface area contributed by atoms with E-state index in [4.69, 9.17) is 9.47 Å². The lowest BCUT2D eigenvalue weighted by Gasteiger charge is -2.34. The predicted molar refractivity (Wildman–Crippen MR) is 220 cm³/mol. The number of rotatable bonds is 20. The Morgan fingerprint density at radius 3 is 0.965 bits per heavy atom. The van der Waals surface area contributed by atoms with Gasteiger partial charge in [0.25, 0.3) is 11.8 Å². The number of amides is 2. The zero-order valence-corrected chi connectivity index (χ0v) is 39.5. The number of nitrogens with one attached hydrogen (secondary N) is 2. The van der Waals surface area contributed by atoms with E-state index in [1.165, 1.54) is 14.2 Å². The smallest absolute Gasteiger partial charge is 0.330 e. The van der Waals surface area contributed by atoms with Crippen molar-refractivity contribution in [3.63, 3.8) is 0 Å². The molecule has 344 valence electrons. The minimum Gasteiger partial charge on any atom is -0.550 e. The van der Waals surface area contributed by atoms with Gasteiger partial charge in [-0.15, -0.1) is 0 Å². The maximum absolute atomic E-state index is 12.7. The van der Waals surface area contributed by atoms with E-state index < -0.39 is 87.8 Å². The highest BCUT2D eigenvalue weighted by Gasteiger charge is 2.43. The van der Waals surface area contributed by atoms with Gasteiger partial charge in [-0.05, 0) is 36.8 Å². The SMILES string of the molecule is COC(=O)[C@](C)(C[Si](C)(C)C)NC(=O)[C@H](CC(=O)[O-])[NH2+]CCC(C)(C)C.COC(=O)[C@](C)(C[Si](C)(C)C)NC(=O)[C@H](CC(=O)[O-])[NH2+]CCC(C)(C)C.O.O.O.O.O. The Bertz CT molecular complexity index is 1120. The second kappa shape index (κ2) is 28.4. The highest BCUT2D eigenvalue weighted by atomic mass is 28.3. The summed E-state index contributed by atoms with van der Waals surface area (Å²) in [5.74, 6) is -4.57. The second-order valence-corrected chi connectivity index (χ2v) is 30.1. The Morgan fingerprint density at radius 2 is 0.789 bits per heavy atom. The number of carboxylic acids is 2. The summed E-state index contributed by atoms with van der Waals surface area (Å²) in [7, 11) is -0.854. The maximum atomic E-state index is 12.7. The number of carbonyl (C=O) groups is 6. The first-order chi connectivity index (χ1) is 23.2. The molecule has 0 heterocycles. The first kappa shape index (κ1) is 68.6. The van der Waals surface area contributed by atoms with Gasteiger partial charge < -0.3 is 77.9 Å². The van der Waals surface area contributed by atoms with Gasteiger partial charge in [-0.1, -0.05) is 80.8 Å². The molecular formula is C36H82N4O15Si2. The molecule has 0 aromatic carbocycles. The van der Waals surface area contributed by atoms with E-state index in [1.54, 1.807) is 24.5 Å². The van der Waals surface area contributed by atoms with Crippen LogP contribution in [0.25, 0.3) is 0 Å². The summed E-state index contributed by atoms with van der Waals surface area (Å²) >= 11 is 0. The predicted octanol–water partition coefficient (Wildman–Crippen LogP) is -4.36. The molecule has 0 saturated carbocycles. The summed E-state index contributed by atoms with van der Waals surface area (Å²) in [5, 5.41) is 31.1. The molecule has 0 rings (SSSR count). The molecule has 2 amide bonds. The first-order valence-electron chi connectivity index (χ1n) is 18.1. The average molecular weight is 867 g/mol. The van der Waals surface area contributed by atoms with E-state index in [2.05, 4.69) is 91.5 Å². The van der Waals surface area contributed by atoms with Crippen LogP contribution in [0, 0.1) is 10.8 Å². The summed E-state index contributed by atoms with van der Waals surface area (Å²) in [6, 6.07) is -0.683. The van der Waals surface area contributed by atoms with Gasteiger partial charge in [0.15, 0.2) is 12.1 Å². The van der Waals surface area contributed by atoms with Crippen LogP contribution < -0.4 is 31.5 Å². The Kier molecular flexibility index (Phi) is 34.2. The van der Waals surface area contributed by atoms with E-state index in [0.717, 1.165) is 12.8 Å². The molecule has 21 heteroatoms. The van der Waals surface area contributed by atoms with Gasteiger partial charge in [0.1, 0.15) is 11.1 Å². The lowest BCUT2D eigenvalue weighted by molar-refractivity contribution is -0.678. The van der Waals surface area contributed by atoms with Gasteiger partial charge in [0, 0.05) is 53.8 Å². The van der Waals surface area contributed by atoms with Crippen LogP contribution in [0.15, 0.2) is 0 Å². The largest absolute Gasteiger partial charge is 0.550 e. The van der Waals surface area contributed by atoms with Crippen LogP contribution in [0.3, 0.4) is 0 Å². The monoisotopic (exact) mass is 867 g/mol. The van der Waals surface area contributed by atoms with Gasteiger partial charge >= 0.3 is 11.9 Å². The number of methoxy groups -OCH3 is 2. The van der Waals surface area contributed by atoms with E-state index >= 15 is 0 Å². The van der Waals surface area contributed by atoms with E-state index in [9.17, 15) is 39.0 Å². The molecule has 0 bridgehead atoms. The molecule has 16 N–H and O–H groups in total. The third-order valence-corrected chi connectivity index (χ3v) is 11.5. The number of hydrogen-bond donors (Lipinski definition) is 4. The molecule has 0 aliphatic rings. The van der Waals surface area contributed by atoms with Crippen molar-refractivity contribution in [1.29, 1.82) is 0 Å². The van der Waals surface area contributed by atoms with Gasteiger partial charge in [-0.2, -0.15) is 0 Å². The average Bonchev–Trinajstić information content (AvgIpc) is 2.91. The lowest BCUT2D eigenvalue weighted by Crippen LogP contribution is -2.93. The standard InChI is InChI=1S/2C18H36N2O5Si.5H2O/c2*1-17(2,3)9-10-19-13(11-14(21)22)15(23)20-18(4,16(24)25-5)12-26(6,7)8;;;;;/h2*13,19H,9-12H2,1-8H3,(H,20,23)(H,21,22);5*1H2/t2*13-,18-;;;;;/m00...../s1. The number of quaternary nitrogens is 2. The van der Waals surface area contributed by atoms with Crippen LogP contribution >= 0.6 is 0 Å². The summed E-state index contributed by atoms with van der Waals surface area (Å²) in [4.78, 5) is 72.2. The number of carbonyl (C=O) groups excluding carboxylic acids is 6. The maximum Gasteiger partial charge on any atom is 0.330 e. The van der Waals surface area contributed by atoms with E-state index in [1.807, 2.05) is 0 Å². The summed E-state index contributed by atoms with van der Waals surface area (Å²) in [6.07, 6.45) is 0.848. The quantitative estimate of drug-likeness (QED) is 0.0673. The molecule has 0 fully saturated rings. The fourth-order valence-corrected chi connectivity index (χ4v) is 10.7. The zero-order valence-electron chi connectivity index (χ0n) is 37.5. The number of carboxylic acid groups (broad SMARTS) is 2. The van der Waals surface area contributed by atoms with Gasteiger partial charge in [-0.25, -0.2) is 9.59 Å². The molecule has 0 saturated heterocycles. The van der Waals surface area contributed by atoms with Crippen LogP contribution in [-0.4, -0.2) is 130 Å². The Morgan fingerprint density at radius 1 is 0.544 bits per heavy atom. The number of aliphatic carboxylic acids is 2. The van der Waals surface area contributed by atoms with Crippen LogP contribution in [0.4, 0.5) is 0 Å². The molecule has 0 aliphatic heterocycles. The van der Waals surface area contributed by atoms with Gasteiger partial charge in [-0.3, -0.25) is 9.59 Å².